The van der Waals surface area contributed by atoms with Crippen LogP contribution in [0.1, 0.15) is 46.2 Å². The number of ether oxygens (including phenoxy) is 1. The number of hydrogen-bond acceptors (Lipinski definition) is 4. The first-order valence-electron chi connectivity index (χ1n) is 8.97. The van der Waals surface area contributed by atoms with Gasteiger partial charge in [-0.1, -0.05) is 6.92 Å². The van der Waals surface area contributed by atoms with E-state index in [0.717, 1.165) is 37.6 Å². The number of carbonyl (C=O) groups excluding carboxylic acids is 1. The molecule has 0 aromatic carbocycles. The summed E-state index contributed by atoms with van der Waals surface area (Å²) in [5.41, 5.74) is 0.966. The number of aryl methyl sites for hydroxylation is 2. The highest BCUT2D eigenvalue weighted by atomic mass is 16.6. The van der Waals surface area contributed by atoms with Crippen LogP contribution in [0.15, 0.2) is 6.07 Å². The molecule has 6 nitrogen and oxygen atoms in total. The molecule has 1 saturated carbocycles. The molecule has 1 aromatic heterocycles. The molecule has 2 heterocycles. The second-order valence-corrected chi connectivity index (χ2v) is 8.30. The van der Waals surface area contributed by atoms with Crippen molar-refractivity contribution in [2.45, 2.75) is 52.6 Å². The minimum absolute atomic E-state index is 0.176. The van der Waals surface area contributed by atoms with Crippen LogP contribution < -0.4 is 5.32 Å². The lowest BCUT2D eigenvalue weighted by molar-refractivity contribution is 0.0282. The molecular weight excluding hydrogens is 304 g/mol. The van der Waals surface area contributed by atoms with Crippen molar-refractivity contribution < 1.29 is 9.53 Å². The predicted molar refractivity (Wildman–Crippen MR) is 94.0 cm³/mol. The van der Waals surface area contributed by atoms with Crippen molar-refractivity contribution in [3.05, 3.63) is 11.8 Å². The maximum atomic E-state index is 12.4. The topological polar surface area (TPSA) is 59.4 Å². The summed E-state index contributed by atoms with van der Waals surface area (Å²) in [6, 6.07) is 2.11. The Labute approximate surface area is 144 Å². The van der Waals surface area contributed by atoms with Crippen molar-refractivity contribution >= 4 is 11.9 Å². The summed E-state index contributed by atoms with van der Waals surface area (Å²) in [5.74, 6) is 1.53. The highest BCUT2D eigenvalue weighted by molar-refractivity contribution is 5.69. The highest BCUT2D eigenvalue weighted by Gasteiger charge is 2.56. The number of carbonyl (C=O) groups is 1. The molecular formula is C18H30N4O2. The SMILES string of the molecule is CCc1cc(NCC2CN(C(=O)OC(C)(C)C)CC23CC3)n(C)n1. The molecule has 1 unspecified atom stereocenters. The van der Waals surface area contributed by atoms with Crippen molar-refractivity contribution in [3.63, 3.8) is 0 Å². The summed E-state index contributed by atoms with van der Waals surface area (Å²) in [6.07, 6.45) is 3.19. The lowest BCUT2D eigenvalue weighted by Gasteiger charge is -2.24. The lowest BCUT2D eigenvalue weighted by atomic mass is 9.93. The molecule has 0 radical (unpaired) electrons. The van der Waals surface area contributed by atoms with Crippen molar-refractivity contribution in [1.82, 2.24) is 14.7 Å². The minimum atomic E-state index is -0.435. The lowest BCUT2D eigenvalue weighted by Crippen LogP contribution is -2.35. The first-order valence-corrected chi connectivity index (χ1v) is 8.97. The minimum Gasteiger partial charge on any atom is -0.444 e. The van der Waals surface area contributed by atoms with Crippen LogP contribution in [0.2, 0.25) is 0 Å². The van der Waals surface area contributed by atoms with Crippen molar-refractivity contribution in [2.24, 2.45) is 18.4 Å². The summed E-state index contributed by atoms with van der Waals surface area (Å²) in [4.78, 5) is 14.3. The molecule has 3 rings (SSSR count). The van der Waals surface area contributed by atoms with Gasteiger partial charge in [0, 0.05) is 38.7 Å². The van der Waals surface area contributed by atoms with E-state index in [4.69, 9.17) is 4.74 Å². The Hall–Kier alpha value is -1.72. The van der Waals surface area contributed by atoms with Gasteiger partial charge in [-0.15, -0.1) is 0 Å². The standard InChI is InChI=1S/C18H30N4O2/c1-6-14-9-15(21(5)20-14)19-10-13-11-22(12-18(13)7-8-18)16(23)24-17(2,3)4/h9,13,19H,6-8,10-12H2,1-5H3. The van der Waals surface area contributed by atoms with Gasteiger partial charge in [-0.05, 0) is 45.4 Å². The van der Waals surface area contributed by atoms with Crippen LogP contribution >= 0.6 is 0 Å². The van der Waals surface area contributed by atoms with E-state index in [9.17, 15) is 4.79 Å². The smallest absolute Gasteiger partial charge is 0.410 e. The maximum absolute atomic E-state index is 12.4. The van der Waals surface area contributed by atoms with Crippen LogP contribution in [0.25, 0.3) is 0 Å². The van der Waals surface area contributed by atoms with Crippen LogP contribution in [-0.2, 0) is 18.2 Å². The first kappa shape index (κ1) is 17.1. The van der Waals surface area contributed by atoms with Gasteiger partial charge in [0.05, 0.1) is 5.69 Å². The van der Waals surface area contributed by atoms with E-state index in [1.54, 1.807) is 0 Å². The highest BCUT2D eigenvalue weighted by Crippen LogP contribution is 2.56. The molecule has 1 spiro atoms. The van der Waals surface area contributed by atoms with Gasteiger partial charge >= 0.3 is 6.09 Å². The molecule has 1 N–H and O–H groups in total. The molecule has 1 saturated heterocycles. The van der Waals surface area contributed by atoms with Gasteiger partial charge in [-0.25, -0.2) is 4.79 Å². The van der Waals surface area contributed by atoms with Gasteiger partial charge in [-0.2, -0.15) is 5.10 Å². The third-order valence-electron chi connectivity index (χ3n) is 5.18. The predicted octanol–water partition coefficient (Wildman–Crippen LogP) is 3.04. The Bertz CT molecular complexity index is 613. The van der Waals surface area contributed by atoms with Gasteiger partial charge in [-0.3, -0.25) is 4.68 Å². The van der Waals surface area contributed by atoms with E-state index in [1.807, 2.05) is 37.4 Å². The molecule has 24 heavy (non-hydrogen) atoms. The van der Waals surface area contributed by atoms with Crippen LogP contribution in [-0.4, -0.2) is 46.0 Å². The van der Waals surface area contributed by atoms with E-state index in [1.165, 1.54) is 12.8 Å². The number of aromatic nitrogens is 2. The Morgan fingerprint density at radius 1 is 1.46 bits per heavy atom. The largest absolute Gasteiger partial charge is 0.444 e. The first-order chi connectivity index (χ1) is 11.2. The molecule has 1 aliphatic heterocycles. The number of anilines is 1. The quantitative estimate of drug-likeness (QED) is 0.919. The second kappa shape index (κ2) is 5.97. The fourth-order valence-corrected chi connectivity index (χ4v) is 3.60. The molecule has 1 aromatic rings. The van der Waals surface area contributed by atoms with E-state index in [-0.39, 0.29) is 6.09 Å². The van der Waals surface area contributed by atoms with Gasteiger partial charge in [0.15, 0.2) is 0 Å². The summed E-state index contributed by atoms with van der Waals surface area (Å²) in [7, 11) is 1.97. The van der Waals surface area contributed by atoms with Crippen LogP contribution in [0.3, 0.4) is 0 Å². The normalized spacial score (nSPS) is 22.0. The number of nitrogens with zero attached hydrogens (tertiary/aromatic N) is 3. The Morgan fingerprint density at radius 3 is 2.71 bits per heavy atom. The molecule has 1 amide bonds. The number of amides is 1. The average molecular weight is 334 g/mol. The molecule has 1 aliphatic carbocycles. The van der Waals surface area contributed by atoms with E-state index in [2.05, 4.69) is 23.4 Å². The number of likely N-dealkylation sites (tertiary alicyclic amines) is 1. The van der Waals surface area contributed by atoms with Crippen LogP contribution in [0.4, 0.5) is 10.6 Å². The van der Waals surface area contributed by atoms with E-state index < -0.39 is 5.60 Å². The Balaban J connectivity index is 1.60. The van der Waals surface area contributed by atoms with Crippen molar-refractivity contribution in [2.75, 3.05) is 25.0 Å². The zero-order valence-corrected chi connectivity index (χ0v) is 15.6. The monoisotopic (exact) mass is 334 g/mol. The second-order valence-electron chi connectivity index (χ2n) is 8.30. The van der Waals surface area contributed by atoms with Crippen LogP contribution in [0, 0.1) is 11.3 Å². The van der Waals surface area contributed by atoms with Gasteiger partial charge in [0.25, 0.3) is 0 Å². The van der Waals surface area contributed by atoms with E-state index >= 15 is 0 Å². The fraction of sp³-hybridized carbons (Fsp3) is 0.778. The average Bonchev–Trinajstić information content (AvgIpc) is 3.02. The Kier molecular flexibility index (Phi) is 4.26. The molecule has 2 fully saturated rings. The number of nitrogens with one attached hydrogen (secondary N) is 1. The van der Waals surface area contributed by atoms with Gasteiger partial charge < -0.3 is 15.0 Å². The van der Waals surface area contributed by atoms with Crippen molar-refractivity contribution in [1.29, 1.82) is 0 Å². The molecule has 134 valence electrons. The molecule has 1 atom stereocenters. The maximum Gasteiger partial charge on any atom is 0.410 e. The summed E-state index contributed by atoms with van der Waals surface area (Å²) >= 11 is 0. The van der Waals surface area contributed by atoms with Gasteiger partial charge in [0.2, 0.25) is 0 Å². The zero-order valence-electron chi connectivity index (χ0n) is 15.6. The van der Waals surface area contributed by atoms with Gasteiger partial charge in [0.1, 0.15) is 11.4 Å². The fourth-order valence-electron chi connectivity index (χ4n) is 3.60. The number of rotatable bonds is 4. The summed E-state index contributed by atoms with van der Waals surface area (Å²) in [6.45, 7) is 10.4. The zero-order chi connectivity index (χ0) is 17.5. The summed E-state index contributed by atoms with van der Waals surface area (Å²) in [5, 5.41) is 8.01. The van der Waals surface area contributed by atoms with E-state index in [0.29, 0.717) is 11.3 Å². The van der Waals surface area contributed by atoms with Crippen LogP contribution in [0.5, 0.6) is 0 Å². The number of hydrogen-bond donors (Lipinski definition) is 1. The van der Waals surface area contributed by atoms with Crippen molar-refractivity contribution in [3.8, 4) is 0 Å². The third kappa shape index (κ3) is 3.52. The molecule has 6 heteroatoms. The third-order valence-corrected chi connectivity index (χ3v) is 5.18. The molecule has 0 bridgehead atoms. The molecule has 2 aliphatic rings. The summed E-state index contributed by atoms with van der Waals surface area (Å²) < 4.78 is 7.45. The Morgan fingerprint density at radius 2 is 2.17 bits per heavy atom.